The number of benzene rings is 1. The molecule has 4 rings (SSSR count). The Morgan fingerprint density at radius 3 is 2.96 bits per heavy atom. The fourth-order valence-electron chi connectivity index (χ4n) is 2.80. The van der Waals surface area contributed by atoms with Crippen LogP contribution in [0.2, 0.25) is 0 Å². The minimum Gasteiger partial charge on any atom is -0.444 e. The van der Waals surface area contributed by atoms with Gasteiger partial charge in [-0.05, 0) is 24.5 Å². The van der Waals surface area contributed by atoms with Crippen LogP contribution in [0.15, 0.2) is 34.9 Å². The van der Waals surface area contributed by atoms with Crippen LogP contribution in [0.1, 0.15) is 21.8 Å². The number of aryl methyl sites for hydroxylation is 1. The van der Waals surface area contributed by atoms with Gasteiger partial charge in [-0.3, -0.25) is 5.32 Å². The lowest BCUT2D eigenvalue weighted by atomic mass is 10.1. The van der Waals surface area contributed by atoms with Crippen LogP contribution in [0.5, 0.6) is 0 Å². The SMILES string of the molecule is Cc1noc(-c2c(NC(=O)OCc3ccccc3)sc3c2CCOC3)n1. The molecule has 0 bridgehead atoms. The van der Waals surface area contributed by atoms with Crippen molar-refractivity contribution in [3.63, 3.8) is 0 Å². The maximum atomic E-state index is 12.3. The summed E-state index contributed by atoms with van der Waals surface area (Å²) in [7, 11) is 0. The monoisotopic (exact) mass is 371 g/mol. The number of nitrogens with one attached hydrogen (secondary N) is 1. The molecule has 0 saturated carbocycles. The molecular weight excluding hydrogens is 354 g/mol. The number of anilines is 1. The lowest BCUT2D eigenvalue weighted by Gasteiger charge is -2.12. The third kappa shape index (κ3) is 3.47. The van der Waals surface area contributed by atoms with Crippen molar-refractivity contribution >= 4 is 22.4 Å². The standard InChI is InChI=1S/C18H17N3O4S/c1-11-19-16(25-21-11)15-13-7-8-23-10-14(13)26-17(15)20-18(22)24-9-12-5-3-2-4-6-12/h2-6H,7-10H2,1H3,(H,20,22). The maximum absolute atomic E-state index is 12.3. The van der Waals surface area contributed by atoms with Gasteiger partial charge >= 0.3 is 6.09 Å². The maximum Gasteiger partial charge on any atom is 0.412 e. The molecule has 1 aliphatic heterocycles. The molecule has 3 aromatic rings. The molecule has 0 fully saturated rings. The Morgan fingerprint density at radius 1 is 1.35 bits per heavy atom. The lowest BCUT2D eigenvalue weighted by molar-refractivity contribution is 0.113. The fourth-order valence-corrected chi connectivity index (χ4v) is 3.96. The van der Waals surface area contributed by atoms with Gasteiger partial charge in [-0.25, -0.2) is 4.79 Å². The zero-order chi connectivity index (χ0) is 17.9. The van der Waals surface area contributed by atoms with E-state index in [1.807, 2.05) is 30.3 Å². The van der Waals surface area contributed by atoms with Gasteiger partial charge in [-0.1, -0.05) is 35.5 Å². The first-order valence-electron chi connectivity index (χ1n) is 8.21. The van der Waals surface area contributed by atoms with Gasteiger partial charge in [0.25, 0.3) is 5.89 Å². The topological polar surface area (TPSA) is 86.5 Å². The van der Waals surface area contributed by atoms with E-state index in [2.05, 4.69) is 15.5 Å². The Hall–Kier alpha value is -2.71. The van der Waals surface area contributed by atoms with Crippen molar-refractivity contribution in [2.75, 3.05) is 11.9 Å². The van der Waals surface area contributed by atoms with Gasteiger partial charge in [0, 0.05) is 4.88 Å². The molecule has 134 valence electrons. The number of rotatable bonds is 4. The largest absolute Gasteiger partial charge is 0.444 e. The van der Waals surface area contributed by atoms with Crippen LogP contribution in [-0.2, 0) is 29.1 Å². The van der Waals surface area contributed by atoms with Crippen LogP contribution in [-0.4, -0.2) is 22.8 Å². The summed E-state index contributed by atoms with van der Waals surface area (Å²) in [6, 6.07) is 9.53. The third-order valence-electron chi connectivity index (χ3n) is 3.99. The smallest absolute Gasteiger partial charge is 0.412 e. The second-order valence-corrected chi connectivity index (χ2v) is 6.95. The molecule has 0 aliphatic carbocycles. The number of hydrogen-bond acceptors (Lipinski definition) is 7. The minimum absolute atomic E-state index is 0.204. The van der Waals surface area contributed by atoms with E-state index in [0.29, 0.717) is 29.9 Å². The molecule has 7 nitrogen and oxygen atoms in total. The molecule has 0 atom stereocenters. The zero-order valence-electron chi connectivity index (χ0n) is 14.2. The van der Waals surface area contributed by atoms with Crippen molar-refractivity contribution in [2.45, 2.75) is 26.6 Å². The molecule has 0 unspecified atom stereocenters. The number of fused-ring (bicyclic) bond motifs is 1. The molecule has 3 heterocycles. The minimum atomic E-state index is -0.522. The Balaban J connectivity index is 1.56. The van der Waals surface area contributed by atoms with E-state index in [-0.39, 0.29) is 6.61 Å². The number of nitrogens with zero attached hydrogens (tertiary/aromatic N) is 2. The van der Waals surface area contributed by atoms with E-state index in [9.17, 15) is 4.79 Å². The van der Waals surface area contributed by atoms with Crippen molar-refractivity contribution in [3.8, 4) is 11.5 Å². The average Bonchev–Trinajstić information content (AvgIpc) is 3.23. The Bertz CT molecular complexity index is 920. The van der Waals surface area contributed by atoms with Crippen molar-refractivity contribution in [3.05, 3.63) is 52.2 Å². The number of ether oxygens (including phenoxy) is 2. The number of hydrogen-bond donors (Lipinski definition) is 1. The number of thiophene rings is 1. The molecule has 26 heavy (non-hydrogen) atoms. The van der Waals surface area contributed by atoms with E-state index < -0.39 is 6.09 Å². The van der Waals surface area contributed by atoms with Crippen LogP contribution >= 0.6 is 11.3 Å². The summed E-state index contributed by atoms with van der Waals surface area (Å²) in [6.07, 6.45) is 0.217. The Labute approximate surface area is 153 Å². The number of amides is 1. The number of carbonyl (C=O) groups excluding carboxylic acids is 1. The Kier molecular flexibility index (Phi) is 4.68. The summed E-state index contributed by atoms with van der Waals surface area (Å²) >= 11 is 1.45. The highest BCUT2D eigenvalue weighted by Gasteiger charge is 2.27. The third-order valence-corrected chi connectivity index (χ3v) is 5.11. The summed E-state index contributed by atoms with van der Waals surface area (Å²) in [5.74, 6) is 0.949. The van der Waals surface area contributed by atoms with Gasteiger partial charge in [0.05, 0.1) is 18.8 Å². The molecule has 1 aliphatic rings. The number of carbonyl (C=O) groups is 1. The van der Waals surface area contributed by atoms with E-state index in [4.69, 9.17) is 14.0 Å². The molecular formula is C18H17N3O4S. The molecule has 0 radical (unpaired) electrons. The second-order valence-electron chi connectivity index (χ2n) is 5.84. The summed E-state index contributed by atoms with van der Waals surface area (Å²) in [6.45, 7) is 3.11. The molecule has 8 heteroatoms. The predicted octanol–water partition coefficient (Wildman–Crippen LogP) is 3.93. The first kappa shape index (κ1) is 16.7. The van der Waals surface area contributed by atoms with Gasteiger partial charge in [0.2, 0.25) is 0 Å². The average molecular weight is 371 g/mol. The summed E-state index contributed by atoms with van der Waals surface area (Å²) in [5, 5.41) is 7.32. The first-order valence-corrected chi connectivity index (χ1v) is 9.03. The highest BCUT2D eigenvalue weighted by atomic mass is 32.1. The van der Waals surface area contributed by atoms with Crippen LogP contribution in [0, 0.1) is 6.92 Å². The van der Waals surface area contributed by atoms with E-state index >= 15 is 0 Å². The lowest BCUT2D eigenvalue weighted by Crippen LogP contribution is -2.13. The van der Waals surface area contributed by atoms with Gasteiger partial charge < -0.3 is 14.0 Å². The van der Waals surface area contributed by atoms with E-state index in [0.717, 1.165) is 28.0 Å². The first-order chi connectivity index (χ1) is 12.7. The highest BCUT2D eigenvalue weighted by Crippen LogP contribution is 2.42. The van der Waals surface area contributed by atoms with Gasteiger partial charge in [0.15, 0.2) is 5.82 Å². The van der Waals surface area contributed by atoms with Gasteiger partial charge in [-0.15, -0.1) is 11.3 Å². The summed E-state index contributed by atoms with van der Waals surface area (Å²) < 4.78 is 16.2. The Morgan fingerprint density at radius 2 is 2.19 bits per heavy atom. The quantitative estimate of drug-likeness (QED) is 0.748. The number of aromatic nitrogens is 2. The zero-order valence-corrected chi connectivity index (χ0v) is 15.0. The van der Waals surface area contributed by atoms with Crippen molar-refractivity contribution in [1.82, 2.24) is 10.1 Å². The molecule has 2 aromatic heterocycles. The van der Waals surface area contributed by atoms with Crippen LogP contribution < -0.4 is 5.32 Å². The van der Waals surface area contributed by atoms with Crippen LogP contribution in [0.4, 0.5) is 9.80 Å². The normalized spacial score (nSPS) is 13.3. The molecule has 1 amide bonds. The van der Waals surface area contributed by atoms with Crippen molar-refractivity contribution in [2.24, 2.45) is 0 Å². The second kappa shape index (κ2) is 7.27. The summed E-state index contributed by atoms with van der Waals surface area (Å²) in [4.78, 5) is 17.6. The van der Waals surface area contributed by atoms with Crippen molar-refractivity contribution in [1.29, 1.82) is 0 Å². The molecule has 0 spiro atoms. The molecule has 1 aromatic carbocycles. The van der Waals surface area contributed by atoms with Gasteiger partial charge in [-0.2, -0.15) is 4.98 Å². The van der Waals surface area contributed by atoms with E-state index in [1.54, 1.807) is 6.92 Å². The highest BCUT2D eigenvalue weighted by molar-refractivity contribution is 7.17. The van der Waals surface area contributed by atoms with Gasteiger partial charge in [0.1, 0.15) is 11.6 Å². The van der Waals surface area contributed by atoms with Crippen molar-refractivity contribution < 1.29 is 18.8 Å². The predicted molar refractivity (Wildman–Crippen MR) is 96.0 cm³/mol. The summed E-state index contributed by atoms with van der Waals surface area (Å²) in [5.41, 5.74) is 2.78. The van der Waals surface area contributed by atoms with Crippen LogP contribution in [0.3, 0.4) is 0 Å². The van der Waals surface area contributed by atoms with E-state index in [1.165, 1.54) is 11.3 Å². The fraction of sp³-hybridized carbons (Fsp3) is 0.278. The van der Waals surface area contributed by atoms with Crippen LogP contribution in [0.25, 0.3) is 11.5 Å². The molecule has 0 saturated heterocycles. The molecule has 1 N–H and O–H groups in total.